The lowest BCUT2D eigenvalue weighted by Crippen LogP contribution is -2.48. The Morgan fingerprint density at radius 3 is 2.84 bits per heavy atom. The van der Waals surface area contributed by atoms with E-state index in [0.29, 0.717) is 24.3 Å². The van der Waals surface area contributed by atoms with Crippen molar-refractivity contribution in [3.05, 3.63) is 65.2 Å². The van der Waals surface area contributed by atoms with Gasteiger partial charge >= 0.3 is 6.03 Å². The maximum Gasteiger partial charge on any atom is 0.325 e. The van der Waals surface area contributed by atoms with Crippen molar-refractivity contribution in [3.63, 3.8) is 0 Å². The number of carbonyl (C=O) groups excluding carboxylic acids is 3. The van der Waals surface area contributed by atoms with Gasteiger partial charge in [0.05, 0.1) is 12.6 Å². The molecular formula is C24H25N3O4. The number of hydrogen-bond donors (Lipinski definition) is 1. The van der Waals surface area contributed by atoms with Crippen molar-refractivity contribution in [2.45, 2.75) is 37.3 Å². The van der Waals surface area contributed by atoms with E-state index in [9.17, 15) is 14.4 Å². The minimum Gasteiger partial charge on any atom is -0.493 e. The van der Waals surface area contributed by atoms with Crippen LogP contribution in [0.4, 0.5) is 4.79 Å². The number of rotatable bonds is 3. The number of para-hydroxylation sites is 1. The van der Waals surface area contributed by atoms with Gasteiger partial charge in [0.15, 0.2) is 5.54 Å². The lowest BCUT2D eigenvalue weighted by molar-refractivity contribution is -0.140. The molecule has 0 bridgehead atoms. The quantitative estimate of drug-likeness (QED) is 0.776. The highest BCUT2D eigenvalue weighted by atomic mass is 16.5. The van der Waals surface area contributed by atoms with Gasteiger partial charge in [-0.05, 0) is 36.5 Å². The first kappa shape index (κ1) is 19.6. The molecule has 7 heteroatoms. The number of urea groups is 1. The number of carbonyl (C=O) groups is 3. The molecule has 1 saturated heterocycles. The van der Waals surface area contributed by atoms with E-state index >= 15 is 0 Å². The third kappa shape index (κ3) is 3.07. The molecule has 1 spiro atoms. The summed E-state index contributed by atoms with van der Waals surface area (Å²) in [5.41, 5.74) is 1.88. The number of imide groups is 1. The van der Waals surface area contributed by atoms with Gasteiger partial charge in [0, 0.05) is 19.0 Å². The van der Waals surface area contributed by atoms with E-state index in [-0.39, 0.29) is 24.4 Å². The van der Waals surface area contributed by atoms with E-state index in [1.54, 1.807) is 24.1 Å². The molecule has 0 radical (unpaired) electrons. The molecule has 0 aromatic heterocycles. The Morgan fingerprint density at radius 2 is 1.97 bits per heavy atom. The van der Waals surface area contributed by atoms with Gasteiger partial charge in [0.1, 0.15) is 12.3 Å². The zero-order chi connectivity index (χ0) is 21.6. The van der Waals surface area contributed by atoms with Crippen LogP contribution in [0.1, 0.15) is 42.0 Å². The van der Waals surface area contributed by atoms with Crippen LogP contribution in [0.25, 0.3) is 0 Å². The minimum atomic E-state index is -1.16. The van der Waals surface area contributed by atoms with Gasteiger partial charge < -0.3 is 15.0 Å². The third-order valence-corrected chi connectivity index (χ3v) is 6.75. The number of ether oxygens (including phenoxy) is 1. The predicted molar refractivity (Wildman–Crippen MR) is 113 cm³/mol. The van der Waals surface area contributed by atoms with Crippen molar-refractivity contribution in [2.24, 2.45) is 0 Å². The van der Waals surface area contributed by atoms with Gasteiger partial charge in [0.25, 0.3) is 5.91 Å². The summed E-state index contributed by atoms with van der Waals surface area (Å²) >= 11 is 0. The van der Waals surface area contributed by atoms with Crippen LogP contribution in [-0.2, 0) is 21.5 Å². The lowest BCUT2D eigenvalue weighted by atomic mass is 9.84. The number of nitrogens with zero attached hydrogens (tertiary/aromatic N) is 2. The molecule has 160 valence electrons. The molecule has 2 atom stereocenters. The van der Waals surface area contributed by atoms with Crippen LogP contribution in [0.2, 0.25) is 0 Å². The summed E-state index contributed by atoms with van der Waals surface area (Å²) in [5.74, 6) is -0.0480. The molecule has 4 amide bonds. The standard InChI is InChI=1S/C24H25N3O4/c1-26(19-11-6-8-16-7-2-3-9-17(16)19)21(28)15-27-22(29)24(25-23(27)30)13-14-31-20-12-5-4-10-18(20)24/h2-5,7,9-10,12,19H,6,8,11,13-15H2,1H3,(H,25,30)/t19-,24-/m0/s1. The molecule has 0 unspecified atom stereocenters. The van der Waals surface area contributed by atoms with Gasteiger partial charge in [-0.25, -0.2) is 4.79 Å². The number of fused-ring (bicyclic) bond motifs is 3. The number of likely N-dealkylation sites (N-methyl/N-ethyl adjacent to an activating group) is 1. The van der Waals surface area contributed by atoms with Gasteiger partial charge in [0.2, 0.25) is 5.91 Å². The van der Waals surface area contributed by atoms with E-state index in [0.717, 1.165) is 29.7 Å². The Labute approximate surface area is 181 Å². The number of nitrogens with one attached hydrogen (secondary N) is 1. The Bertz CT molecular complexity index is 1070. The van der Waals surface area contributed by atoms with E-state index < -0.39 is 11.6 Å². The fraction of sp³-hybridized carbons (Fsp3) is 0.375. The second kappa shape index (κ2) is 7.41. The summed E-state index contributed by atoms with van der Waals surface area (Å²) in [7, 11) is 1.76. The predicted octanol–water partition coefficient (Wildman–Crippen LogP) is 2.75. The van der Waals surface area contributed by atoms with Crippen LogP contribution in [0.15, 0.2) is 48.5 Å². The molecule has 2 heterocycles. The molecule has 1 aliphatic carbocycles. The third-order valence-electron chi connectivity index (χ3n) is 6.75. The lowest BCUT2D eigenvalue weighted by Gasteiger charge is -2.34. The molecule has 5 rings (SSSR count). The molecule has 1 fully saturated rings. The smallest absolute Gasteiger partial charge is 0.325 e. The van der Waals surface area contributed by atoms with Crippen LogP contribution in [-0.4, -0.2) is 47.8 Å². The summed E-state index contributed by atoms with van der Waals surface area (Å²) in [6, 6.07) is 14.8. The molecule has 3 aliphatic rings. The Morgan fingerprint density at radius 1 is 1.19 bits per heavy atom. The first-order valence-corrected chi connectivity index (χ1v) is 10.7. The summed E-state index contributed by atoms with van der Waals surface area (Å²) in [5, 5.41) is 2.85. The Balaban J connectivity index is 1.37. The largest absolute Gasteiger partial charge is 0.493 e. The van der Waals surface area contributed by atoms with Crippen molar-refractivity contribution >= 4 is 17.8 Å². The monoisotopic (exact) mass is 419 g/mol. The van der Waals surface area contributed by atoms with E-state index in [4.69, 9.17) is 4.74 Å². The molecule has 31 heavy (non-hydrogen) atoms. The van der Waals surface area contributed by atoms with Gasteiger partial charge in [-0.3, -0.25) is 14.5 Å². The van der Waals surface area contributed by atoms with Crippen LogP contribution < -0.4 is 10.1 Å². The minimum absolute atomic E-state index is 0.0454. The Hall–Kier alpha value is -3.35. The van der Waals surface area contributed by atoms with E-state index in [2.05, 4.69) is 17.4 Å². The normalized spacial score (nSPS) is 24.3. The number of amides is 4. The fourth-order valence-electron chi connectivity index (χ4n) is 5.07. The average Bonchev–Trinajstić information content (AvgIpc) is 3.03. The highest BCUT2D eigenvalue weighted by Gasteiger charge is 2.55. The van der Waals surface area contributed by atoms with E-state index in [1.165, 1.54) is 5.56 Å². The molecule has 0 saturated carbocycles. The summed E-state index contributed by atoms with van der Waals surface area (Å²) in [4.78, 5) is 42.1. The van der Waals surface area contributed by atoms with Crippen LogP contribution in [0.3, 0.4) is 0 Å². The fourth-order valence-corrected chi connectivity index (χ4v) is 5.07. The van der Waals surface area contributed by atoms with Gasteiger partial charge in [-0.1, -0.05) is 42.5 Å². The maximum absolute atomic E-state index is 13.4. The highest BCUT2D eigenvalue weighted by molar-refractivity contribution is 6.09. The number of aryl methyl sites for hydroxylation is 1. The second-order valence-electron chi connectivity index (χ2n) is 8.43. The maximum atomic E-state index is 13.4. The highest BCUT2D eigenvalue weighted by Crippen LogP contribution is 2.41. The number of hydrogen-bond acceptors (Lipinski definition) is 4. The molecular weight excluding hydrogens is 394 g/mol. The molecule has 7 nitrogen and oxygen atoms in total. The summed E-state index contributed by atoms with van der Waals surface area (Å²) in [6.45, 7) is 0.0498. The molecule has 2 aliphatic heterocycles. The molecule has 2 aromatic rings. The van der Waals surface area contributed by atoms with Crippen molar-refractivity contribution < 1.29 is 19.1 Å². The number of benzene rings is 2. The zero-order valence-electron chi connectivity index (χ0n) is 17.5. The summed E-state index contributed by atoms with van der Waals surface area (Å²) < 4.78 is 5.66. The first-order valence-electron chi connectivity index (χ1n) is 10.7. The average molecular weight is 419 g/mol. The Kier molecular flexibility index (Phi) is 4.68. The van der Waals surface area contributed by atoms with E-state index in [1.807, 2.05) is 24.3 Å². The van der Waals surface area contributed by atoms with Crippen LogP contribution >= 0.6 is 0 Å². The SMILES string of the molecule is CN(C(=O)CN1C(=O)N[C@]2(CCOc3ccccc32)C1=O)[C@H]1CCCc2ccccc21. The van der Waals surface area contributed by atoms with Crippen LogP contribution in [0, 0.1) is 0 Å². The molecule has 1 N–H and O–H groups in total. The zero-order valence-corrected chi connectivity index (χ0v) is 17.5. The second-order valence-corrected chi connectivity index (χ2v) is 8.43. The molecule has 2 aromatic carbocycles. The van der Waals surface area contributed by atoms with Gasteiger partial charge in [-0.15, -0.1) is 0 Å². The van der Waals surface area contributed by atoms with Gasteiger partial charge in [-0.2, -0.15) is 0 Å². The van der Waals surface area contributed by atoms with Crippen molar-refractivity contribution in [1.29, 1.82) is 0 Å². The van der Waals surface area contributed by atoms with Crippen molar-refractivity contribution in [3.8, 4) is 5.75 Å². The summed E-state index contributed by atoms with van der Waals surface area (Å²) in [6.07, 6.45) is 3.22. The topological polar surface area (TPSA) is 79.0 Å². The van der Waals surface area contributed by atoms with Crippen molar-refractivity contribution in [1.82, 2.24) is 15.1 Å². The first-order chi connectivity index (χ1) is 15.0. The van der Waals surface area contributed by atoms with Crippen LogP contribution in [0.5, 0.6) is 5.75 Å². The van der Waals surface area contributed by atoms with Crippen molar-refractivity contribution in [2.75, 3.05) is 20.2 Å².